The first-order chi connectivity index (χ1) is 12.3. The lowest BCUT2D eigenvalue weighted by Crippen LogP contribution is -2.31. The molecule has 5 heteroatoms. The summed E-state index contributed by atoms with van der Waals surface area (Å²) in [5, 5.41) is 0. The molecule has 3 rings (SSSR count). The predicted octanol–water partition coefficient (Wildman–Crippen LogP) is 3.28. The Morgan fingerprint density at radius 1 is 1.16 bits per heavy atom. The molecule has 0 radical (unpaired) electrons. The van der Waals surface area contributed by atoms with Crippen molar-refractivity contribution in [3.05, 3.63) is 53.9 Å². The third-order valence-electron chi connectivity index (χ3n) is 4.49. The molecule has 2 aromatic rings. The average Bonchev–Trinajstić information content (AvgIpc) is 3.15. The highest BCUT2D eigenvalue weighted by Gasteiger charge is 2.21. The summed E-state index contributed by atoms with van der Waals surface area (Å²) < 4.78 is 16.9. The van der Waals surface area contributed by atoms with E-state index in [1.165, 1.54) is 5.56 Å². The maximum atomic E-state index is 5.85. The molecule has 1 aromatic heterocycles. The van der Waals surface area contributed by atoms with Crippen LogP contribution in [0, 0.1) is 0 Å². The second-order valence-electron chi connectivity index (χ2n) is 6.32. The Hall–Kier alpha value is -2.11. The number of methoxy groups -OCH3 is 2. The van der Waals surface area contributed by atoms with Crippen LogP contribution in [0.4, 0.5) is 0 Å². The van der Waals surface area contributed by atoms with Crippen LogP contribution in [0.25, 0.3) is 0 Å². The van der Waals surface area contributed by atoms with E-state index in [2.05, 4.69) is 22.0 Å². The monoisotopic (exact) mass is 342 g/mol. The molecule has 1 aliphatic rings. The van der Waals surface area contributed by atoms with Crippen molar-refractivity contribution in [1.82, 2.24) is 9.88 Å². The highest BCUT2D eigenvalue weighted by Crippen LogP contribution is 2.32. The van der Waals surface area contributed by atoms with Crippen LogP contribution in [-0.2, 0) is 17.8 Å². The molecule has 1 saturated heterocycles. The third-order valence-corrected chi connectivity index (χ3v) is 4.49. The van der Waals surface area contributed by atoms with Crippen molar-refractivity contribution >= 4 is 0 Å². The number of pyridine rings is 1. The normalized spacial score (nSPS) is 17.0. The van der Waals surface area contributed by atoms with E-state index in [1.54, 1.807) is 20.4 Å². The number of hydrogen-bond acceptors (Lipinski definition) is 5. The summed E-state index contributed by atoms with van der Waals surface area (Å²) in [6, 6.07) is 10.1. The largest absolute Gasteiger partial charge is 0.493 e. The maximum Gasteiger partial charge on any atom is 0.165 e. The van der Waals surface area contributed by atoms with Crippen LogP contribution >= 0.6 is 0 Å². The Morgan fingerprint density at radius 3 is 2.76 bits per heavy atom. The minimum atomic E-state index is 0.299. The van der Waals surface area contributed by atoms with Gasteiger partial charge in [-0.15, -0.1) is 0 Å². The molecule has 1 aliphatic heterocycles. The fourth-order valence-corrected chi connectivity index (χ4v) is 3.33. The highest BCUT2D eigenvalue weighted by atomic mass is 16.5. The van der Waals surface area contributed by atoms with Gasteiger partial charge in [0.1, 0.15) is 0 Å². The Balaban J connectivity index is 1.79. The fourth-order valence-electron chi connectivity index (χ4n) is 3.33. The van der Waals surface area contributed by atoms with Gasteiger partial charge in [-0.25, -0.2) is 0 Å². The lowest BCUT2D eigenvalue weighted by atomic mass is 10.1. The van der Waals surface area contributed by atoms with E-state index in [1.807, 2.05) is 24.4 Å². The van der Waals surface area contributed by atoms with Gasteiger partial charge in [0.15, 0.2) is 11.5 Å². The third kappa shape index (κ3) is 4.71. The van der Waals surface area contributed by atoms with Crippen LogP contribution in [0.3, 0.4) is 0 Å². The first-order valence-electron chi connectivity index (χ1n) is 8.73. The molecule has 0 bridgehead atoms. The molecule has 0 saturated carbocycles. The van der Waals surface area contributed by atoms with Crippen LogP contribution in [0.1, 0.15) is 24.0 Å². The van der Waals surface area contributed by atoms with Crippen molar-refractivity contribution in [2.24, 2.45) is 0 Å². The average molecular weight is 342 g/mol. The minimum absolute atomic E-state index is 0.299. The number of aromatic nitrogens is 1. The van der Waals surface area contributed by atoms with Gasteiger partial charge in [0.05, 0.1) is 20.3 Å². The quantitative estimate of drug-likeness (QED) is 0.737. The lowest BCUT2D eigenvalue weighted by Gasteiger charge is -2.26. The molecule has 134 valence electrons. The van der Waals surface area contributed by atoms with Crippen molar-refractivity contribution in [2.75, 3.05) is 27.4 Å². The SMILES string of the molecule is COc1cccc(CN(Cc2cccnc2)CC2CCCO2)c1OC. The molecule has 0 N–H and O–H groups in total. The van der Waals surface area contributed by atoms with E-state index in [0.29, 0.717) is 6.10 Å². The Kier molecular flexibility index (Phi) is 6.25. The lowest BCUT2D eigenvalue weighted by molar-refractivity contribution is 0.0675. The molecule has 5 nitrogen and oxygen atoms in total. The van der Waals surface area contributed by atoms with Crippen LogP contribution in [0.2, 0.25) is 0 Å². The van der Waals surface area contributed by atoms with Gasteiger partial charge in [-0.05, 0) is 30.5 Å². The van der Waals surface area contributed by atoms with Crippen LogP contribution in [0.5, 0.6) is 11.5 Å². The van der Waals surface area contributed by atoms with Crippen LogP contribution in [-0.4, -0.2) is 43.4 Å². The molecule has 1 unspecified atom stereocenters. The first kappa shape index (κ1) is 17.7. The van der Waals surface area contributed by atoms with Gasteiger partial charge >= 0.3 is 0 Å². The standard InChI is InChI=1S/C20H26N2O3/c1-23-19-9-3-7-17(20(19)24-2)14-22(15-18-8-5-11-25-18)13-16-6-4-10-21-12-16/h3-4,6-7,9-10,12,18H,5,8,11,13-15H2,1-2H3. The Labute approximate surface area is 149 Å². The van der Waals surface area contributed by atoms with Gasteiger partial charge in [-0.1, -0.05) is 18.2 Å². The smallest absolute Gasteiger partial charge is 0.165 e. The highest BCUT2D eigenvalue weighted by molar-refractivity contribution is 5.46. The van der Waals surface area contributed by atoms with Gasteiger partial charge in [0.2, 0.25) is 0 Å². The van der Waals surface area contributed by atoms with E-state index in [-0.39, 0.29) is 0 Å². The second kappa shape index (κ2) is 8.83. The summed E-state index contributed by atoms with van der Waals surface area (Å²) in [6.45, 7) is 3.37. The van der Waals surface area contributed by atoms with Crippen molar-refractivity contribution in [3.8, 4) is 11.5 Å². The number of rotatable bonds is 8. The van der Waals surface area contributed by atoms with Crippen molar-refractivity contribution in [3.63, 3.8) is 0 Å². The number of hydrogen-bond donors (Lipinski definition) is 0. The van der Waals surface area contributed by atoms with E-state index in [4.69, 9.17) is 14.2 Å². The van der Waals surface area contributed by atoms with Crippen LogP contribution < -0.4 is 9.47 Å². The predicted molar refractivity (Wildman–Crippen MR) is 96.9 cm³/mol. The topological polar surface area (TPSA) is 43.8 Å². The zero-order valence-electron chi connectivity index (χ0n) is 15.0. The minimum Gasteiger partial charge on any atom is -0.493 e. The summed E-state index contributed by atoms with van der Waals surface area (Å²) in [7, 11) is 3.36. The summed E-state index contributed by atoms with van der Waals surface area (Å²) in [4.78, 5) is 6.63. The number of ether oxygens (including phenoxy) is 3. The van der Waals surface area contributed by atoms with Gasteiger partial charge < -0.3 is 14.2 Å². The first-order valence-corrected chi connectivity index (χ1v) is 8.73. The van der Waals surface area contributed by atoms with Gasteiger partial charge in [-0.3, -0.25) is 9.88 Å². The van der Waals surface area contributed by atoms with Crippen LogP contribution in [0.15, 0.2) is 42.7 Å². The molecule has 1 fully saturated rings. The summed E-state index contributed by atoms with van der Waals surface area (Å²) in [5.74, 6) is 1.56. The molecule has 2 heterocycles. The summed E-state index contributed by atoms with van der Waals surface area (Å²) >= 11 is 0. The number of benzene rings is 1. The molecule has 1 atom stereocenters. The molecule has 0 aliphatic carbocycles. The zero-order chi connectivity index (χ0) is 17.5. The molecular weight excluding hydrogens is 316 g/mol. The Bertz CT molecular complexity index is 657. The van der Waals surface area contributed by atoms with E-state index in [0.717, 1.165) is 56.1 Å². The van der Waals surface area contributed by atoms with Crippen molar-refractivity contribution < 1.29 is 14.2 Å². The number of nitrogens with zero attached hydrogens (tertiary/aromatic N) is 2. The van der Waals surface area contributed by atoms with E-state index >= 15 is 0 Å². The number of para-hydroxylation sites is 1. The van der Waals surface area contributed by atoms with Gasteiger partial charge in [0, 0.05) is 44.2 Å². The van der Waals surface area contributed by atoms with Crippen molar-refractivity contribution in [2.45, 2.75) is 32.0 Å². The fraction of sp³-hybridized carbons (Fsp3) is 0.450. The molecule has 25 heavy (non-hydrogen) atoms. The Morgan fingerprint density at radius 2 is 2.08 bits per heavy atom. The van der Waals surface area contributed by atoms with Crippen molar-refractivity contribution in [1.29, 1.82) is 0 Å². The van der Waals surface area contributed by atoms with Gasteiger partial charge in [0.25, 0.3) is 0 Å². The van der Waals surface area contributed by atoms with E-state index < -0.39 is 0 Å². The summed E-state index contributed by atoms with van der Waals surface area (Å²) in [5.41, 5.74) is 2.31. The zero-order valence-corrected chi connectivity index (χ0v) is 15.0. The van der Waals surface area contributed by atoms with E-state index in [9.17, 15) is 0 Å². The molecule has 1 aromatic carbocycles. The summed E-state index contributed by atoms with van der Waals surface area (Å²) in [6.07, 6.45) is 6.30. The van der Waals surface area contributed by atoms with Gasteiger partial charge in [-0.2, -0.15) is 0 Å². The maximum absolute atomic E-state index is 5.85. The molecule has 0 spiro atoms. The molecular formula is C20H26N2O3. The second-order valence-corrected chi connectivity index (χ2v) is 6.32. The molecule has 0 amide bonds.